The Morgan fingerprint density at radius 3 is 2.27 bits per heavy atom. The minimum absolute atomic E-state index is 0.350. The number of hydrogen-bond acceptors (Lipinski definition) is 3. The summed E-state index contributed by atoms with van der Waals surface area (Å²) in [6, 6.07) is 0. The lowest BCUT2D eigenvalue weighted by molar-refractivity contribution is -0.755. The molecule has 7 heteroatoms. The van der Waals surface area contributed by atoms with Crippen molar-refractivity contribution in [3.63, 3.8) is 0 Å². The zero-order valence-electron chi connectivity index (χ0n) is 5.34. The summed E-state index contributed by atoms with van der Waals surface area (Å²) < 4.78 is 39.6. The van der Waals surface area contributed by atoms with Crippen molar-refractivity contribution in [2.45, 2.75) is 6.18 Å². The lowest BCUT2D eigenvalue weighted by Crippen LogP contribution is -2.38. The van der Waals surface area contributed by atoms with Gasteiger partial charge in [0.1, 0.15) is 0 Å². The van der Waals surface area contributed by atoms with Gasteiger partial charge in [0, 0.05) is 0 Å². The Balaban J connectivity index is 3.21. The van der Waals surface area contributed by atoms with E-state index < -0.39 is 17.8 Å². The van der Waals surface area contributed by atoms with Crippen LogP contribution in [0.4, 0.5) is 13.2 Å². The van der Waals surface area contributed by atoms with Gasteiger partial charge in [0.15, 0.2) is 13.0 Å². The molecule has 0 atom stereocenters. The summed E-state index contributed by atoms with van der Waals surface area (Å²) in [6.45, 7) is 0. The van der Waals surface area contributed by atoms with Gasteiger partial charge in [-0.25, -0.2) is 0 Å². The molecule has 0 saturated heterocycles. The number of halogens is 3. The second-order valence-corrected chi connectivity index (χ2v) is 1.83. The Bertz CT molecular complexity index is 247. The van der Waals surface area contributed by atoms with Crippen LogP contribution in [0, 0.1) is 0 Å². The van der Waals surface area contributed by atoms with Crippen LogP contribution in [-0.4, -0.2) is 5.27 Å². The number of hydrogen-bond donors (Lipinski definition) is 0. The van der Waals surface area contributed by atoms with Crippen LogP contribution in [0.2, 0.25) is 0 Å². The molecule has 0 bridgehead atoms. The van der Waals surface area contributed by atoms with Gasteiger partial charge in [-0.15, -0.1) is 0 Å². The lowest BCUT2D eigenvalue weighted by Gasteiger charge is -1.99. The second-order valence-electron chi connectivity index (χ2n) is 1.83. The Morgan fingerprint density at radius 2 is 2.09 bits per heavy atom. The van der Waals surface area contributed by atoms with Gasteiger partial charge in [0.2, 0.25) is 0 Å². The maximum absolute atomic E-state index is 11.8. The standard InChI is InChI=1S/C4H3F3N2O2/c1-9-2(4(5,6)7)3(10)11-8-9/h1H3. The minimum atomic E-state index is -4.70. The molecule has 1 rings (SSSR count). The van der Waals surface area contributed by atoms with Crippen LogP contribution in [0.3, 0.4) is 0 Å². The summed E-state index contributed by atoms with van der Waals surface area (Å²) >= 11 is 0. The van der Waals surface area contributed by atoms with Crippen molar-refractivity contribution in [1.29, 1.82) is 0 Å². The predicted molar refractivity (Wildman–Crippen MR) is 22.1 cm³/mol. The molecule has 0 saturated carbocycles. The Morgan fingerprint density at radius 1 is 1.55 bits per heavy atom. The van der Waals surface area contributed by atoms with E-state index in [-0.39, 0.29) is 0 Å². The molecule has 1 aromatic heterocycles. The first-order valence-electron chi connectivity index (χ1n) is 2.53. The quantitative estimate of drug-likeness (QED) is 0.495. The number of nitrogens with zero attached hydrogens (tertiary/aromatic N) is 2. The van der Waals surface area contributed by atoms with Gasteiger partial charge < -0.3 is 9.63 Å². The topological polar surface area (TPSA) is 53.0 Å². The van der Waals surface area contributed by atoms with E-state index in [9.17, 15) is 18.3 Å². The van der Waals surface area contributed by atoms with Gasteiger partial charge >= 0.3 is 11.9 Å². The molecule has 0 unspecified atom stereocenters. The van der Waals surface area contributed by atoms with Gasteiger partial charge in [0.05, 0.1) is 5.27 Å². The van der Waals surface area contributed by atoms with Crippen molar-refractivity contribution >= 4 is 0 Å². The fourth-order valence-electron chi connectivity index (χ4n) is 0.614. The largest absolute Gasteiger partial charge is 0.539 e. The van der Waals surface area contributed by atoms with Crippen molar-refractivity contribution in [3.05, 3.63) is 5.69 Å². The van der Waals surface area contributed by atoms with E-state index in [4.69, 9.17) is 0 Å². The Labute approximate surface area is 58.8 Å². The summed E-state index contributed by atoms with van der Waals surface area (Å²) in [4.78, 5) is 0. The normalized spacial score (nSPS) is 12.0. The molecule has 0 spiro atoms. The fourth-order valence-corrected chi connectivity index (χ4v) is 0.614. The summed E-state index contributed by atoms with van der Waals surface area (Å²) in [6.07, 6.45) is -4.70. The molecule has 0 fully saturated rings. The van der Waals surface area contributed by atoms with Gasteiger partial charge in [-0.1, -0.05) is 4.68 Å². The molecule has 1 aromatic rings. The van der Waals surface area contributed by atoms with Crippen LogP contribution in [-0.2, 0) is 13.2 Å². The van der Waals surface area contributed by atoms with Crippen LogP contribution in [0.5, 0.6) is 5.95 Å². The van der Waals surface area contributed by atoms with E-state index in [0.29, 0.717) is 4.68 Å². The molecular formula is C4H3F3N2O2. The van der Waals surface area contributed by atoms with Crippen molar-refractivity contribution in [3.8, 4) is 5.95 Å². The molecule has 62 valence electrons. The van der Waals surface area contributed by atoms with E-state index in [0.717, 1.165) is 7.05 Å². The Kier molecular flexibility index (Phi) is 1.50. The van der Waals surface area contributed by atoms with Crippen molar-refractivity contribution < 1.29 is 27.5 Å². The monoisotopic (exact) mass is 168 g/mol. The highest BCUT2D eigenvalue weighted by Crippen LogP contribution is 2.30. The average Bonchev–Trinajstić information content (AvgIpc) is 2.08. The van der Waals surface area contributed by atoms with Crippen LogP contribution >= 0.6 is 0 Å². The summed E-state index contributed by atoms with van der Waals surface area (Å²) in [5, 5.41) is 13.1. The van der Waals surface area contributed by atoms with Crippen LogP contribution in [0.25, 0.3) is 0 Å². The molecular weight excluding hydrogens is 165 g/mol. The number of alkyl halides is 3. The summed E-state index contributed by atoms with van der Waals surface area (Å²) in [7, 11) is 0.980. The molecule has 0 aliphatic rings. The lowest BCUT2D eigenvalue weighted by atomic mass is 10.4. The molecule has 0 aromatic carbocycles. The molecule has 4 nitrogen and oxygen atoms in total. The zero-order chi connectivity index (χ0) is 8.65. The summed E-state index contributed by atoms with van der Waals surface area (Å²) in [5.41, 5.74) is -1.41. The predicted octanol–water partition coefficient (Wildman–Crippen LogP) is -0.409. The highest BCUT2D eigenvalue weighted by atomic mass is 19.4. The first-order chi connectivity index (χ1) is 4.93. The van der Waals surface area contributed by atoms with E-state index in [2.05, 4.69) is 9.79 Å². The first-order valence-corrected chi connectivity index (χ1v) is 2.53. The maximum Gasteiger partial charge on any atom is 0.481 e. The molecule has 0 aliphatic carbocycles. The summed E-state index contributed by atoms with van der Waals surface area (Å²) in [5.74, 6) is -1.47. The fraction of sp³-hybridized carbons (Fsp3) is 0.500. The maximum atomic E-state index is 11.8. The third kappa shape index (κ3) is 1.26. The third-order valence-electron chi connectivity index (χ3n) is 1.03. The smallest absolute Gasteiger partial charge is 0.481 e. The van der Waals surface area contributed by atoms with Gasteiger partial charge in [-0.2, -0.15) is 13.2 Å². The minimum Gasteiger partial charge on any atom is -0.539 e. The van der Waals surface area contributed by atoms with Crippen LogP contribution < -0.4 is 9.79 Å². The Hall–Kier alpha value is -1.27. The first kappa shape index (κ1) is 7.83. The van der Waals surface area contributed by atoms with Crippen LogP contribution in [0.1, 0.15) is 5.69 Å². The van der Waals surface area contributed by atoms with Gasteiger partial charge in [-0.05, 0) is 0 Å². The molecule has 0 aliphatic heterocycles. The van der Waals surface area contributed by atoms with Crippen LogP contribution in [0.15, 0.2) is 4.52 Å². The van der Waals surface area contributed by atoms with Crippen molar-refractivity contribution in [2.75, 3.05) is 0 Å². The zero-order valence-corrected chi connectivity index (χ0v) is 5.34. The molecule has 0 radical (unpaired) electrons. The average molecular weight is 168 g/mol. The molecule has 1 heterocycles. The van der Waals surface area contributed by atoms with Gasteiger partial charge in [0.25, 0.3) is 0 Å². The SMILES string of the molecule is C[n+]1noc([O-])c1C(F)(F)F. The number of rotatable bonds is 0. The molecule has 0 N–H and O–H groups in total. The van der Waals surface area contributed by atoms with E-state index in [1.165, 1.54) is 0 Å². The van der Waals surface area contributed by atoms with Gasteiger partial charge in [-0.3, -0.25) is 0 Å². The van der Waals surface area contributed by atoms with E-state index in [1.807, 2.05) is 0 Å². The van der Waals surface area contributed by atoms with E-state index in [1.54, 1.807) is 0 Å². The number of aryl methyl sites for hydroxylation is 1. The highest BCUT2D eigenvalue weighted by Gasteiger charge is 2.43. The van der Waals surface area contributed by atoms with E-state index >= 15 is 0 Å². The van der Waals surface area contributed by atoms with Crippen molar-refractivity contribution in [1.82, 2.24) is 5.27 Å². The molecule has 11 heavy (non-hydrogen) atoms. The number of aromatic nitrogens is 2. The van der Waals surface area contributed by atoms with Crippen molar-refractivity contribution in [2.24, 2.45) is 7.05 Å². The highest BCUT2D eigenvalue weighted by molar-refractivity contribution is 5.06. The molecule has 0 amide bonds. The second kappa shape index (κ2) is 2.11. The third-order valence-corrected chi connectivity index (χ3v) is 1.03.